The highest BCUT2D eigenvalue weighted by Gasteiger charge is 2.34. The first-order chi connectivity index (χ1) is 15.4. The van der Waals surface area contributed by atoms with Gasteiger partial charge in [-0.3, -0.25) is 4.79 Å². The molecule has 1 aliphatic carbocycles. The minimum absolute atomic E-state index is 0.173. The van der Waals surface area contributed by atoms with E-state index < -0.39 is 10.0 Å². The Kier molecular flexibility index (Phi) is 6.82. The van der Waals surface area contributed by atoms with Crippen molar-refractivity contribution < 1.29 is 17.9 Å². The lowest BCUT2D eigenvalue weighted by molar-refractivity contribution is -0.142. The molecule has 1 atom stereocenters. The second-order valence-corrected chi connectivity index (χ2v) is 10.7. The normalized spacial score (nSPS) is 19.4. The molecule has 1 unspecified atom stereocenters. The third-order valence-electron chi connectivity index (χ3n) is 6.65. The zero-order valence-electron chi connectivity index (χ0n) is 18.8. The van der Waals surface area contributed by atoms with Crippen LogP contribution in [0, 0.1) is 5.92 Å². The number of hydrogen-bond acceptors (Lipinski definition) is 4. The van der Waals surface area contributed by atoms with Crippen molar-refractivity contribution in [2.24, 2.45) is 5.92 Å². The minimum Gasteiger partial charge on any atom is -0.466 e. The Hall–Kier alpha value is -2.44. The molecule has 1 aliphatic heterocycles. The Labute approximate surface area is 191 Å². The second-order valence-electron chi connectivity index (χ2n) is 8.67. The third-order valence-corrected chi connectivity index (χ3v) is 7.95. The smallest absolute Gasteiger partial charge is 0.306 e. The first kappa shape index (κ1) is 22.7. The van der Waals surface area contributed by atoms with Gasteiger partial charge in [-0.05, 0) is 59.9 Å². The van der Waals surface area contributed by atoms with Crippen LogP contribution in [0.5, 0.6) is 0 Å². The van der Waals surface area contributed by atoms with Gasteiger partial charge in [0.2, 0.25) is 10.0 Å². The van der Waals surface area contributed by atoms with Crippen molar-refractivity contribution in [1.82, 2.24) is 4.31 Å². The average Bonchev–Trinajstić information content (AvgIpc) is 2.92. The number of allylic oxidation sites excluding steroid dienone is 1. The number of hydrogen-bond donors (Lipinski definition) is 0. The van der Waals surface area contributed by atoms with Crippen LogP contribution in [0.15, 0.2) is 48.5 Å². The topological polar surface area (TPSA) is 63.7 Å². The molecule has 0 N–H and O–H groups in total. The van der Waals surface area contributed by atoms with Gasteiger partial charge in [-0.1, -0.05) is 54.6 Å². The van der Waals surface area contributed by atoms with E-state index in [1.165, 1.54) is 28.5 Å². The van der Waals surface area contributed by atoms with E-state index in [1.54, 1.807) is 4.31 Å². The van der Waals surface area contributed by atoms with Gasteiger partial charge in [0.1, 0.15) is 0 Å². The number of ether oxygens (including phenoxy) is 1. The molecule has 0 aromatic heterocycles. The maximum Gasteiger partial charge on any atom is 0.306 e. The molecular formula is C26H31NO4S. The molecule has 0 saturated carbocycles. The van der Waals surface area contributed by atoms with Gasteiger partial charge in [0.05, 0.1) is 12.9 Å². The highest BCUT2D eigenvalue weighted by Crippen LogP contribution is 2.45. The van der Waals surface area contributed by atoms with E-state index in [4.69, 9.17) is 4.74 Å². The lowest BCUT2D eigenvalue weighted by atomic mass is 9.74. The SMILES string of the molecule is CCOC(=O)CCC1=Cc2ccccc2C(C2CCN(S(C)(=O)=O)CC2)c2ccccc21. The quantitative estimate of drug-likeness (QED) is 0.596. The number of fused-ring (bicyclic) bond motifs is 2. The van der Waals surface area contributed by atoms with Crippen LogP contribution in [0.4, 0.5) is 0 Å². The minimum atomic E-state index is -3.16. The van der Waals surface area contributed by atoms with Crippen LogP contribution in [0.2, 0.25) is 0 Å². The number of rotatable bonds is 6. The molecule has 1 fully saturated rings. The molecule has 0 radical (unpaired) electrons. The van der Waals surface area contributed by atoms with Crippen molar-refractivity contribution in [1.29, 1.82) is 0 Å². The van der Waals surface area contributed by atoms with E-state index in [1.807, 2.05) is 6.92 Å². The summed E-state index contributed by atoms with van der Waals surface area (Å²) < 4.78 is 30.8. The number of carbonyl (C=O) groups excluding carboxylic acids is 1. The first-order valence-corrected chi connectivity index (χ1v) is 13.2. The van der Waals surface area contributed by atoms with E-state index in [-0.39, 0.29) is 11.9 Å². The van der Waals surface area contributed by atoms with Gasteiger partial charge < -0.3 is 4.74 Å². The molecule has 1 saturated heterocycles. The predicted molar refractivity (Wildman–Crippen MR) is 128 cm³/mol. The zero-order chi connectivity index (χ0) is 22.7. The van der Waals surface area contributed by atoms with Gasteiger partial charge in [-0.15, -0.1) is 0 Å². The lowest BCUT2D eigenvalue weighted by Crippen LogP contribution is -2.39. The summed E-state index contributed by atoms with van der Waals surface area (Å²) in [5, 5.41) is 0. The lowest BCUT2D eigenvalue weighted by Gasteiger charge is -2.36. The van der Waals surface area contributed by atoms with Crippen LogP contribution in [0.25, 0.3) is 11.6 Å². The molecule has 0 bridgehead atoms. The molecule has 32 heavy (non-hydrogen) atoms. The summed E-state index contributed by atoms with van der Waals surface area (Å²) in [4.78, 5) is 12.0. The fourth-order valence-electron chi connectivity index (χ4n) is 5.14. The van der Waals surface area contributed by atoms with Crippen molar-refractivity contribution in [2.45, 2.75) is 38.5 Å². The van der Waals surface area contributed by atoms with Gasteiger partial charge in [-0.2, -0.15) is 0 Å². The van der Waals surface area contributed by atoms with Crippen LogP contribution in [0.1, 0.15) is 60.8 Å². The van der Waals surface area contributed by atoms with Crippen LogP contribution in [-0.2, 0) is 19.6 Å². The summed E-state index contributed by atoms with van der Waals surface area (Å²) in [5.41, 5.74) is 6.06. The Morgan fingerprint density at radius 3 is 2.38 bits per heavy atom. The summed E-state index contributed by atoms with van der Waals surface area (Å²) in [6, 6.07) is 17.0. The molecule has 2 aromatic carbocycles. The number of carbonyl (C=O) groups is 1. The number of benzene rings is 2. The Bertz CT molecular complexity index is 1110. The van der Waals surface area contributed by atoms with E-state index in [9.17, 15) is 13.2 Å². The molecule has 2 aromatic rings. The fraction of sp³-hybridized carbons (Fsp3) is 0.423. The Morgan fingerprint density at radius 2 is 1.69 bits per heavy atom. The maximum atomic E-state index is 12.0. The third kappa shape index (κ3) is 4.81. The number of piperidine rings is 1. The van der Waals surface area contributed by atoms with Gasteiger partial charge in [0.15, 0.2) is 0 Å². The number of sulfonamides is 1. The van der Waals surface area contributed by atoms with Crippen molar-refractivity contribution in [3.05, 3.63) is 70.8 Å². The van der Waals surface area contributed by atoms with Gasteiger partial charge >= 0.3 is 5.97 Å². The Morgan fingerprint density at radius 1 is 1.03 bits per heavy atom. The van der Waals surface area contributed by atoms with Crippen LogP contribution >= 0.6 is 0 Å². The number of nitrogens with zero attached hydrogens (tertiary/aromatic N) is 1. The fourth-order valence-corrected chi connectivity index (χ4v) is 6.02. The van der Waals surface area contributed by atoms with Gasteiger partial charge in [0, 0.05) is 25.4 Å². The van der Waals surface area contributed by atoms with Gasteiger partial charge in [0.25, 0.3) is 0 Å². The van der Waals surface area contributed by atoms with Crippen molar-refractivity contribution in [2.75, 3.05) is 26.0 Å². The highest BCUT2D eigenvalue weighted by molar-refractivity contribution is 7.88. The monoisotopic (exact) mass is 453 g/mol. The van der Waals surface area contributed by atoms with E-state index in [2.05, 4.69) is 54.6 Å². The van der Waals surface area contributed by atoms with Crippen molar-refractivity contribution in [3.63, 3.8) is 0 Å². The Balaban J connectivity index is 1.71. The molecule has 2 aliphatic rings. The largest absolute Gasteiger partial charge is 0.466 e. The van der Waals surface area contributed by atoms with Crippen molar-refractivity contribution >= 4 is 27.6 Å². The maximum absolute atomic E-state index is 12.0. The zero-order valence-corrected chi connectivity index (χ0v) is 19.6. The van der Waals surface area contributed by atoms with E-state index in [0.29, 0.717) is 38.5 Å². The summed E-state index contributed by atoms with van der Waals surface area (Å²) >= 11 is 0. The molecular weight excluding hydrogens is 422 g/mol. The predicted octanol–water partition coefficient (Wildman–Crippen LogP) is 4.69. The van der Waals surface area contributed by atoms with E-state index in [0.717, 1.165) is 18.4 Å². The van der Waals surface area contributed by atoms with Crippen LogP contribution < -0.4 is 0 Å². The average molecular weight is 454 g/mol. The van der Waals surface area contributed by atoms with E-state index >= 15 is 0 Å². The first-order valence-electron chi connectivity index (χ1n) is 11.4. The molecule has 1 heterocycles. The highest BCUT2D eigenvalue weighted by atomic mass is 32.2. The van der Waals surface area contributed by atoms with Crippen molar-refractivity contribution in [3.8, 4) is 0 Å². The van der Waals surface area contributed by atoms with Crippen LogP contribution in [0.3, 0.4) is 0 Å². The summed E-state index contributed by atoms with van der Waals surface area (Å²) in [7, 11) is -3.16. The molecule has 4 rings (SSSR count). The van der Waals surface area contributed by atoms with Crippen LogP contribution in [-0.4, -0.2) is 44.6 Å². The number of esters is 1. The molecule has 170 valence electrons. The standard InChI is InChI=1S/C26H31NO4S/c1-3-31-25(28)13-12-21-18-20-8-4-5-10-23(20)26(24-11-7-6-9-22(21)24)19-14-16-27(17-15-19)32(2,29)30/h4-11,18-19,26H,3,12-17H2,1-2H3. The molecule has 0 spiro atoms. The second kappa shape index (κ2) is 9.59. The molecule has 6 heteroatoms. The molecule has 0 amide bonds. The molecule has 5 nitrogen and oxygen atoms in total. The summed E-state index contributed by atoms with van der Waals surface area (Å²) in [6.07, 6.45) is 6.16. The summed E-state index contributed by atoms with van der Waals surface area (Å²) in [5.74, 6) is 0.377. The summed E-state index contributed by atoms with van der Waals surface area (Å²) in [6.45, 7) is 3.35. The van der Waals surface area contributed by atoms with Gasteiger partial charge in [-0.25, -0.2) is 12.7 Å².